The van der Waals surface area contributed by atoms with Crippen LogP contribution in [0.1, 0.15) is 18.4 Å². The van der Waals surface area contributed by atoms with Crippen molar-refractivity contribution in [1.82, 2.24) is 4.90 Å². The Labute approximate surface area is 124 Å². The summed E-state index contributed by atoms with van der Waals surface area (Å²) in [6.45, 7) is -1.31. The summed E-state index contributed by atoms with van der Waals surface area (Å²) in [5.41, 5.74) is 6.35. The van der Waals surface area contributed by atoms with E-state index < -0.39 is 25.3 Å². The van der Waals surface area contributed by atoms with Crippen LogP contribution in [0.25, 0.3) is 0 Å². The minimum absolute atomic E-state index is 0.0143. The Kier molecular flexibility index (Phi) is 4.79. The number of likely N-dealkylation sites (tertiary alicyclic amines) is 1. The normalized spacial score (nSPS) is 19.1. The third-order valence-corrected chi connectivity index (χ3v) is 3.34. The molecule has 2 rings (SSSR count). The van der Waals surface area contributed by atoms with Gasteiger partial charge in [0.1, 0.15) is 5.75 Å². The van der Waals surface area contributed by atoms with E-state index in [0.29, 0.717) is 24.2 Å². The topological polar surface area (TPSA) is 38.5 Å². The molecule has 0 radical (unpaired) electrons. The van der Waals surface area contributed by atoms with Crippen molar-refractivity contribution < 1.29 is 26.7 Å². The molecule has 0 aromatic heterocycles. The third-order valence-electron chi connectivity index (χ3n) is 3.34. The molecule has 1 saturated heterocycles. The molecule has 1 aromatic carbocycles. The molecule has 0 amide bonds. The molecule has 124 valence electrons. The van der Waals surface area contributed by atoms with E-state index in [4.69, 9.17) is 10.5 Å². The lowest BCUT2D eigenvalue weighted by Gasteiger charge is -2.32. The van der Waals surface area contributed by atoms with Crippen molar-refractivity contribution in [2.24, 2.45) is 0 Å². The Balaban J connectivity index is 2.10. The first-order valence-electron chi connectivity index (χ1n) is 6.83. The van der Waals surface area contributed by atoms with E-state index in [1.165, 1.54) is 23.1 Å². The summed E-state index contributed by atoms with van der Waals surface area (Å²) in [6.07, 6.45) is -4.29. The van der Waals surface area contributed by atoms with Crippen LogP contribution < -0.4 is 10.5 Å². The molecule has 1 heterocycles. The van der Waals surface area contributed by atoms with Gasteiger partial charge in [0.2, 0.25) is 0 Å². The number of hydrogen-bond donors (Lipinski definition) is 1. The number of nitrogens with two attached hydrogens (primary N) is 1. The van der Waals surface area contributed by atoms with Crippen LogP contribution >= 0.6 is 0 Å². The predicted octanol–water partition coefficient (Wildman–Crippen LogP) is 3.44. The van der Waals surface area contributed by atoms with Crippen molar-refractivity contribution in [2.45, 2.75) is 31.5 Å². The summed E-state index contributed by atoms with van der Waals surface area (Å²) in [6, 6.07) is 4.21. The summed E-state index contributed by atoms with van der Waals surface area (Å²) in [5, 5.41) is 0. The highest BCUT2D eigenvalue weighted by molar-refractivity contribution is 5.47. The molecule has 0 aliphatic carbocycles. The van der Waals surface area contributed by atoms with E-state index in [2.05, 4.69) is 0 Å². The van der Waals surface area contributed by atoms with E-state index in [1.54, 1.807) is 0 Å². The second-order valence-corrected chi connectivity index (χ2v) is 5.44. The molecule has 0 unspecified atom stereocenters. The molecular weight excluding hydrogens is 307 g/mol. The lowest BCUT2D eigenvalue weighted by molar-refractivity contribution is -0.153. The number of ether oxygens (including phenoxy) is 1. The van der Waals surface area contributed by atoms with Crippen LogP contribution in [0.4, 0.5) is 27.6 Å². The number of benzene rings is 1. The Morgan fingerprint density at radius 1 is 1.27 bits per heavy atom. The van der Waals surface area contributed by atoms with Crippen molar-refractivity contribution in [3.63, 3.8) is 0 Å². The molecule has 3 nitrogen and oxygen atoms in total. The largest absolute Gasteiger partial charge is 0.484 e. The van der Waals surface area contributed by atoms with Crippen molar-refractivity contribution in [1.29, 1.82) is 0 Å². The highest BCUT2D eigenvalue weighted by Gasteiger charge is 2.35. The Morgan fingerprint density at radius 2 is 2.00 bits per heavy atom. The summed E-state index contributed by atoms with van der Waals surface area (Å²) >= 11 is 0. The average molecular weight is 324 g/mol. The zero-order valence-electron chi connectivity index (χ0n) is 11.8. The van der Waals surface area contributed by atoms with Gasteiger partial charge < -0.3 is 10.5 Å². The second-order valence-electron chi connectivity index (χ2n) is 5.44. The maximum absolute atomic E-state index is 13.4. The van der Waals surface area contributed by atoms with Gasteiger partial charge in [-0.05, 0) is 31.2 Å². The zero-order valence-corrected chi connectivity index (χ0v) is 11.8. The molecule has 1 fully saturated rings. The van der Waals surface area contributed by atoms with Gasteiger partial charge in [0.15, 0.2) is 6.61 Å². The molecule has 0 saturated carbocycles. The first-order chi connectivity index (χ1) is 10.1. The lowest BCUT2D eigenvalue weighted by atomic mass is 10.1. The van der Waals surface area contributed by atoms with Crippen LogP contribution in [0.2, 0.25) is 0 Å². The van der Waals surface area contributed by atoms with Gasteiger partial charge in [-0.25, -0.2) is 8.78 Å². The van der Waals surface area contributed by atoms with E-state index in [9.17, 15) is 22.0 Å². The van der Waals surface area contributed by atoms with Crippen molar-refractivity contribution >= 4 is 5.69 Å². The Bertz CT molecular complexity index is 518. The molecule has 0 bridgehead atoms. The Morgan fingerprint density at radius 3 is 2.64 bits per heavy atom. The van der Waals surface area contributed by atoms with Gasteiger partial charge in [-0.15, -0.1) is 0 Å². The van der Waals surface area contributed by atoms with Crippen molar-refractivity contribution in [3.8, 4) is 5.75 Å². The quantitative estimate of drug-likeness (QED) is 0.681. The number of rotatable bonds is 4. The number of anilines is 1. The van der Waals surface area contributed by atoms with E-state index >= 15 is 0 Å². The fourth-order valence-corrected chi connectivity index (χ4v) is 2.45. The molecule has 2 N–H and O–H groups in total. The molecule has 1 aliphatic heterocycles. The lowest BCUT2D eigenvalue weighted by Crippen LogP contribution is -2.42. The number of nitrogen functional groups attached to an aromatic ring is 1. The summed E-state index contributed by atoms with van der Waals surface area (Å²) in [7, 11) is 0. The van der Waals surface area contributed by atoms with Gasteiger partial charge in [-0.2, -0.15) is 13.2 Å². The number of hydrogen-bond acceptors (Lipinski definition) is 3. The van der Waals surface area contributed by atoms with Gasteiger partial charge in [-0.3, -0.25) is 4.90 Å². The van der Waals surface area contributed by atoms with Crippen LogP contribution in [0, 0.1) is 0 Å². The first-order valence-corrected chi connectivity index (χ1v) is 6.83. The standard InChI is InChI=1S/C14H17F5N2O/c15-13(16)4-1-5-21(8-13)7-10-6-11(20)2-3-12(10)22-9-14(17,18)19/h2-3,6H,1,4-5,7-9,20H2. The smallest absolute Gasteiger partial charge is 0.422 e. The second kappa shape index (κ2) is 6.28. The van der Waals surface area contributed by atoms with Crippen molar-refractivity contribution in [3.05, 3.63) is 23.8 Å². The van der Waals surface area contributed by atoms with Crippen LogP contribution in [0.3, 0.4) is 0 Å². The van der Waals surface area contributed by atoms with Crippen LogP contribution in [-0.4, -0.2) is 36.7 Å². The number of halogens is 5. The molecule has 0 atom stereocenters. The van der Waals surface area contributed by atoms with Gasteiger partial charge in [0.05, 0.1) is 6.54 Å². The number of alkyl halides is 5. The van der Waals surface area contributed by atoms with Crippen molar-refractivity contribution in [2.75, 3.05) is 25.4 Å². The Hall–Kier alpha value is -1.57. The highest BCUT2D eigenvalue weighted by atomic mass is 19.4. The van der Waals surface area contributed by atoms with Gasteiger partial charge in [0, 0.05) is 24.2 Å². The van der Waals surface area contributed by atoms with E-state index in [1.807, 2.05) is 0 Å². The third kappa shape index (κ3) is 5.01. The maximum atomic E-state index is 13.4. The molecule has 8 heteroatoms. The number of nitrogens with zero attached hydrogens (tertiary/aromatic N) is 1. The molecular formula is C14H17F5N2O. The maximum Gasteiger partial charge on any atom is 0.422 e. The highest BCUT2D eigenvalue weighted by Crippen LogP contribution is 2.30. The summed E-state index contributed by atoms with van der Waals surface area (Å²) in [4.78, 5) is 1.50. The summed E-state index contributed by atoms with van der Waals surface area (Å²) < 4.78 is 68.3. The zero-order chi connectivity index (χ0) is 16.4. The number of piperidine rings is 1. The minimum Gasteiger partial charge on any atom is -0.484 e. The fourth-order valence-electron chi connectivity index (χ4n) is 2.45. The first kappa shape index (κ1) is 16.8. The molecule has 0 spiro atoms. The molecule has 22 heavy (non-hydrogen) atoms. The average Bonchev–Trinajstić information content (AvgIpc) is 2.35. The van der Waals surface area contributed by atoms with E-state index in [-0.39, 0.29) is 18.7 Å². The summed E-state index contributed by atoms with van der Waals surface area (Å²) in [5.74, 6) is -2.76. The predicted molar refractivity (Wildman–Crippen MR) is 71.9 cm³/mol. The van der Waals surface area contributed by atoms with Gasteiger partial charge in [0.25, 0.3) is 5.92 Å². The van der Waals surface area contributed by atoms with Crippen LogP contribution in [0.15, 0.2) is 18.2 Å². The fraction of sp³-hybridized carbons (Fsp3) is 0.571. The SMILES string of the molecule is Nc1ccc(OCC(F)(F)F)c(CN2CCCC(F)(F)C2)c1. The van der Waals surface area contributed by atoms with Crippen LogP contribution in [-0.2, 0) is 6.54 Å². The van der Waals surface area contributed by atoms with Gasteiger partial charge in [-0.1, -0.05) is 0 Å². The molecule has 1 aromatic rings. The van der Waals surface area contributed by atoms with E-state index in [0.717, 1.165) is 0 Å². The van der Waals surface area contributed by atoms with Gasteiger partial charge >= 0.3 is 6.18 Å². The monoisotopic (exact) mass is 324 g/mol. The minimum atomic E-state index is -4.46. The molecule has 1 aliphatic rings. The van der Waals surface area contributed by atoms with Crippen LogP contribution in [0.5, 0.6) is 5.75 Å².